The molecule has 0 radical (unpaired) electrons. The summed E-state index contributed by atoms with van der Waals surface area (Å²) in [6.45, 7) is 13.9. The molecule has 1 saturated heterocycles. The fraction of sp³-hybridized carbons (Fsp3) is 1.00. The van der Waals surface area contributed by atoms with Crippen LogP contribution in [0.2, 0.25) is 0 Å². The number of rotatable bonds is 2. The average Bonchev–Trinajstić information content (AvgIpc) is 2.28. The maximum absolute atomic E-state index is 3.16. The third-order valence-corrected chi connectivity index (χ3v) is 1.98. The van der Waals surface area contributed by atoms with Gasteiger partial charge in [-0.2, -0.15) is 0 Å². The molecule has 1 N–H and O–H groups in total. The van der Waals surface area contributed by atoms with Crippen molar-refractivity contribution in [1.29, 1.82) is 0 Å². The molecule has 1 heterocycles. The summed E-state index contributed by atoms with van der Waals surface area (Å²) in [5.41, 5.74) is 0. The molecule has 0 aromatic carbocycles. The van der Waals surface area contributed by atoms with Gasteiger partial charge in [0.25, 0.3) is 0 Å². The van der Waals surface area contributed by atoms with E-state index in [0.29, 0.717) is 0 Å². The maximum atomic E-state index is 3.16. The van der Waals surface area contributed by atoms with Crippen molar-refractivity contribution < 1.29 is 0 Å². The molecule has 0 aromatic rings. The van der Waals surface area contributed by atoms with Crippen LogP contribution in [0, 0.1) is 0 Å². The Morgan fingerprint density at radius 2 is 1.36 bits per heavy atom. The highest BCUT2D eigenvalue weighted by Gasteiger charge is 2.11. The molecular weight excluding hydrogens is 174 g/mol. The summed E-state index contributed by atoms with van der Waals surface area (Å²) in [4.78, 5) is 4.80. The second-order valence-electron chi connectivity index (χ2n) is 2.93. The van der Waals surface area contributed by atoms with Gasteiger partial charge in [-0.1, -0.05) is 27.7 Å². The van der Waals surface area contributed by atoms with E-state index in [9.17, 15) is 0 Å². The summed E-state index contributed by atoms with van der Waals surface area (Å²) in [6.07, 6.45) is 0. The third-order valence-electron chi connectivity index (χ3n) is 1.98. The first kappa shape index (κ1) is 16.3. The van der Waals surface area contributed by atoms with Crippen LogP contribution in [0.3, 0.4) is 0 Å². The van der Waals surface area contributed by atoms with Crippen molar-refractivity contribution in [2.45, 2.75) is 27.7 Å². The Labute approximate surface area is 90.5 Å². The summed E-state index contributed by atoms with van der Waals surface area (Å²) in [7, 11) is 4.18. The zero-order valence-corrected chi connectivity index (χ0v) is 10.9. The van der Waals surface area contributed by atoms with E-state index >= 15 is 0 Å². The average molecular weight is 203 g/mol. The quantitative estimate of drug-likeness (QED) is 0.733. The van der Waals surface area contributed by atoms with Crippen LogP contribution >= 0.6 is 0 Å². The van der Waals surface area contributed by atoms with Crippen LogP contribution in [-0.2, 0) is 0 Å². The molecule has 1 fully saturated rings. The Bertz CT molecular complexity index is 88.5. The van der Waals surface area contributed by atoms with E-state index in [2.05, 4.69) is 22.2 Å². The van der Waals surface area contributed by atoms with E-state index in [1.165, 1.54) is 26.2 Å². The largest absolute Gasteiger partial charge is 0.307 e. The van der Waals surface area contributed by atoms with Gasteiger partial charge in [-0.05, 0) is 14.1 Å². The van der Waals surface area contributed by atoms with Gasteiger partial charge in [0.1, 0.15) is 0 Å². The van der Waals surface area contributed by atoms with Crippen LogP contribution in [0.25, 0.3) is 0 Å². The summed E-state index contributed by atoms with van der Waals surface area (Å²) in [5.74, 6) is 0. The summed E-state index contributed by atoms with van der Waals surface area (Å²) < 4.78 is 0. The Hall–Kier alpha value is -0.120. The number of nitrogens with zero attached hydrogens (tertiary/aromatic N) is 2. The molecule has 0 spiro atoms. The van der Waals surface area contributed by atoms with Crippen LogP contribution in [0.1, 0.15) is 27.7 Å². The second-order valence-corrected chi connectivity index (χ2v) is 2.93. The zero-order valence-electron chi connectivity index (χ0n) is 10.9. The van der Waals surface area contributed by atoms with Gasteiger partial charge in [0.05, 0.1) is 0 Å². The van der Waals surface area contributed by atoms with E-state index in [1.54, 1.807) is 0 Å². The fourth-order valence-electron chi connectivity index (χ4n) is 1.23. The van der Waals surface area contributed by atoms with Gasteiger partial charge in [-0.25, -0.2) is 0 Å². The summed E-state index contributed by atoms with van der Waals surface area (Å²) >= 11 is 0. The molecule has 0 aromatic heterocycles. The predicted molar refractivity (Wildman–Crippen MR) is 65.7 cm³/mol. The van der Waals surface area contributed by atoms with Gasteiger partial charge in [0.15, 0.2) is 0 Å². The lowest BCUT2D eigenvalue weighted by Crippen LogP contribution is -2.47. The van der Waals surface area contributed by atoms with E-state index in [1.807, 2.05) is 34.7 Å². The first-order chi connectivity index (χ1) is 6.83. The molecule has 0 bridgehead atoms. The molecule has 3 nitrogen and oxygen atoms in total. The molecule has 14 heavy (non-hydrogen) atoms. The van der Waals surface area contributed by atoms with Gasteiger partial charge in [0.2, 0.25) is 0 Å². The van der Waals surface area contributed by atoms with Crippen LogP contribution in [-0.4, -0.2) is 56.7 Å². The minimum atomic E-state index is 1.04. The first-order valence-electron chi connectivity index (χ1n) is 5.88. The van der Waals surface area contributed by atoms with Crippen LogP contribution < -0.4 is 5.32 Å². The van der Waals surface area contributed by atoms with Gasteiger partial charge >= 0.3 is 0 Å². The molecule has 0 atom stereocenters. The number of hydrogen-bond donors (Lipinski definition) is 1. The molecule has 1 aliphatic heterocycles. The fourth-order valence-corrected chi connectivity index (χ4v) is 1.23. The minimum absolute atomic E-state index is 1.04. The highest BCUT2D eigenvalue weighted by Crippen LogP contribution is 1.95. The standard InChI is InChI=1S/C7H17N3.2C2H6/c1-8-7-10-5-3-9(2)4-6-10;2*1-2/h8H,3-7H2,1-2H3;2*1-2H3. The lowest BCUT2D eigenvalue weighted by Gasteiger charge is -2.31. The molecule has 0 aliphatic carbocycles. The van der Waals surface area contributed by atoms with Crippen LogP contribution in [0.15, 0.2) is 0 Å². The van der Waals surface area contributed by atoms with Crippen molar-refractivity contribution in [3.63, 3.8) is 0 Å². The number of hydrogen-bond acceptors (Lipinski definition) is 3. The molecule has 0 amide bonds. The van der Waals surface area contributed by atoms with Gasteiger partial charge in [-0.3, -0.25) is 4.90 Å². The smallest absolute Gasteiger partial charge is 0.0479 e. The van der Waals surface area contributed by atoms with Crippen molar-refractivity contribution >= 4 is 0 Å². The van der Waals surface area contributed by atoms with Crippen LogP contribution in [0.4, 0.5) is 0 Å². The van der Waals surface area contributed by atoms with E-state index in [-0.39, 0.29) is 0 Å². The highest BCUT2D eigenvalue weighted by atomic mass is 15.3. The lowest BCUT2D eigenvalue weighted by atomic mass is 10.3. The Morgan fingerprint density at radius 3 is 1.71 bits per heavy atom. The Kier molecular flexibility index (Phi) is 15.0. The lowest BCUT2D eigenvalue weighted by molar-refractivity contribution is 0.148. The number of nitrogens with one attached hydrogen (secondary N) is 1. The number of likely N-dealkylation sites (N-methyl/N-ethyl adjacent to an activating group) is 1. The predicted octanol–water partition coefficient (Wildman–Crippen LogP) is 1.46. The summed E-state index contributed by atoms with van der Waals surface area (Å²) in [6, 6.07) is 0. The molecule has 0 unspecified atom stereocenters. The van der Waals surface area contributed by atoms with E-state index in [4.69, 9.17) is 0 Å². The third kappa shape index (κ3) is 8.48. The minimum Gasteiger partial charge on any atom is -0.307 e. The monoisotopic (exact) mass is 203 g/mol. The normalized spacial score (nSPS) is 17.6. The van der Waals surface area contributed by atoms with Crippen molar-refractivity contribution in [3.8, 4) is 0 Å². The molecule has 1 aliphatic rings. The Balaban J connectivity index is 0. The highest BCUT2D eigenvalue weighted by molar-refractivity contribution is 4.67. The Morgan fingerprint density at radius 1 is 0.929 bits per heavy atom. The summed E-state index contributed by atoms with van der Waals surface area (Å²) in [5, 5.41) is 3.16. The van der Waals surface area contributed by atoms with Gasteiger partial charge in [-0.15, -0.1) is 0 Å². The maximum Gasteiger partial charge on any atom is 0.0479 e. The van der Waals surface area contributed by atoms with Crippen LogP contribution in [0.5, 0.6) is 0 Å². The number of piperazine rings is 1. The first-order valence-corrected chi connectivity index (χ1v) is 5.88. The SMILES string of the molecule is CC.CC.CNCN1CCN(C)CC1. The molecule has 1 rings (SSSR count). The van der Waals surface area contributed by atoms with Gasteiger partial charge in [0, 0.05) is 32.8 Å². The van der Waals surface area contributed by atoms with Crippen molar-refractivity contribution in [2.24, 2.45) is 0 Å². The molecule has 0 saturated carbocycles. The van der Waals surface area contributed by atoms with E-state index < -0.39 is 0 Å². The van der Waals surface area contributed by atoms with Crippen molar-refractivity contribution in [2.75, 3.05) is 46.9 Å². The van der Waals surface area contributed by atoms with Gasteiger partial charge < -0.3 is 10.2 Å². The van der Waals surface area contributed by atoms with Crippen molar-refractivity contribution in [3.05, 3.63) is 0 Å². The second kappa shape index (κ2) is 12.9. The molecule has 88 valence electrons. The van der Waals surface area contributed by atoms with Crippen molar-refractivity contribution in [1.82, 2.24) is 15.1 Å². The molecule has 3 heteroatoms. The van der Waals surface area contributed by atoms with E-state index in [0.717, 1.165) is 6.67 Å². The zero-order chi connectivity index (χ0) is 11.4. The molecular formula is C11H29N3. The topological polar surface area (TPSA) is 18.5 Å².